The van der Waals surface area contributed by atoms with Crippen LogP contribution in [0.3, 0.4) is 0 Å². The molecule has 0 unspecified atom stereocenters. The second kappa shape index (κ2) is 6.29. The molecule has 1 aliphatic rings. The third-order valence-electron chi connectivity index (χ3n) is 4.65. The van der Waals surface area contributed by atoms with E-state index in [9.17, 15) is 4.79 Å². The number of ketones is 1. The van der Waals surface area contributed by atoms with Crippen LogP contribution in [-0.4, -0.2) is 33.7 Å². The normalized spacial score (nSPS) is 16.1. The second-order valence-electron chi connectivity index (χ2n) is 5.96. The summed E-state index contributed by atoms with van der Waals surface area (Å²) in [7, 11) is 4.63. The summed E-state index contributed by atoms with van der Waals surface area (Å²) >= 11 is 0. The van der Waals surface area contributed by atoms with Crippen LogP contribution in [0.15, 0.2) is 41.0 Å². The third kappa shape index (κ3) is 2.37. The average Bonchev–Trinajstić information content (AvgIpc) is 3.13. The summed E-state index contributed by atoms with van der Waals surface area (Å²) < 4.78 is 27.5. The van der Waals surface area contributed by atoms with E-state index >= 15 is 0 Å². The molecule has 0 saturated heterocycles. The van der Waals surface area contributed by atoms with Gasteiger partial charge in [-0.25, -0.2) is 0 Å². The Bertz CT molecular complexity index is 987. The number of carbonyl (C=O) groups is 1. The molecule has 1 aliphatic heterocycles. The Balaban J connectivity index is 1.81. The van der Waals surface area contributed by atoms with Gasteiger partial charge in [-0.3, -0.25) is 4.79 Å². The van der Waals surface area contributed by atoms with Gasteiger partial charge in [-0.2, -0.15) is 0 Å². The van der Waals surface area contributed by atoms with Crippen molar-refractivity contribution in [3.8, 4) is 23.0 Å². The zero-order valence-electron chi connectivity index (χ0n) is 14.7. The largest absolute Gasteiger partial charge is 0.493 e. The molecule has 4 rings (SSSR count). The summed E-state index contributed by atoms with van der Waals surface area (Å²) in [5.74, 6) is 1.48. The molecule has 6 heteroatoms. The molecule has 0 N–H and O–H groups in total. The minimum Gasteiger partial charge on any atom is -0.493 e. The number of fused-ring (bicyclic) bond motifs is 2. The van der Waals surface area contributed by atoms with E-state index in [1.807, 2.05) is 12.1 Å². The number of carbonyl (C=O) groups excluding carboxylic acids is 1. The highest BCUT2D eigenvalue weighted by molar-refractivity contribution is 6.07. The van der Waals surface area contributed by atoms with E-state index in [2.05, 4.69) is 0 Å². The molecule has 0 spiro atoms. The van der Waals surface area contributed by atoms with E-state index < -0.39 is 5.92 Å². The number of hydrogen-bond donors (Lipinski definition) is 0. The van der Waals surface area contributed by atoms with Crippen LogP contribution in [0.25, 0.3) is 11.0 Å². The highest BCUT2D eigenvalue weighted by atomic mass is 16.5. The van der Waals surface area contributed by atoms with Crippen LogP contribution in [0.2, 0.25) is 0 Å². The van der Waals surface area contributed by atoms with Crippen molar-refractivity contribution >= 4 is 16.8 Å². The highest BCUT2D eigenvalue weighted by Crippen LogP contribution is 2.45. The van der Waals surface area contributed by atoms with Gasteiger partial charge >= 0.3 is 0 Å². The molecule has 2 aromatic carbocycles. The fraction of sp³-hybridized carbons (Fsp3) is 0.250. The van der Waals surface area contributed by atoms with E-state index in [1.165, 1.54) is 14.2 Å². The maximum absolute atomic E-state index is 13.2. The van der Waals surface area contributed by atoms with Crippen molar-refractivity contribution in [2.24, 2.45) is 0 Å². The summed E-state index contributed by atoms with van der Waals surface area (Å²) in [5, 5.41) is 0.862. The molecule has 0 fully saturated rings. The van der Waals surface area contributed by atoms with Crippen molar-refractivity contribution in [3.05, 3.63) is 47.7 Å². The fourth-order valence-electron chi connectivity index (χ4n) is 3.37. The van der Waals surface area contributed by atoms with Crippen molar-refractivity contribution in [3.63, 3.8) is 0 Å². The van der Waals surface area contributed by atoms with Crippen LogP contribution < -0.4 is 18.9 Å². The summed E-state index contributed by atoms with van der Waals surface area (Å²) in [6.45, 7) is 0.212. The number of benzene rings is 2. The number of rotatable bonds is 4. The van der Waals surface area contributed by atoms with E-state index in [-0.39, 0.29) is 12.4 Å². The zero-order chi connectivity index (χ0) is 18.3. The fourth-order valence-corrected chi connectivity index (χ4v) is 3.37. The van der Waals surface area contributed by atoms with Gasteiger partial charge in [0.05, 0.1) is 39.1 Å². The van der Waals surface area contributed by atoms with Gasteiger partial charge in [-0.15, -0.1) is 0 Å². The van der Waals surface area contributed by atoms with Gasteiger partial charge in [0.15, 0.2) is 17.3 Å². The Labute approximate surface area is 150 Å². The van der Waals surface area contributed by atoms with Crippen LogP contribution in [0.4, 0.5) is 0 Å². The van der Waals surface area contributed by atoms with Gasteiger partial charge in [-0.1, -0.05) is 6.07 Å². The van der Waals surface area contributed by atoms with Crippen molar-refractivity contribution in [2.45, 2.75) is 5.92 Å². The SMILES string of the molecule is COc1ccc([C@H]2COc3cc4occc4cc3C2=O)c(OC)c1OC. The molecule has 0 amide bonds. The van der Waals surface area contributed by atoms with Crippen molar-refractivity contribution in [1.82, 2.24) is 0 Å². The van der Waals surface area contributed by atoms with Crippen LogP contribution in [0.1, 0.15) is 21.8 Å². The average molecular weight is 354 g/mol. The summed E-state index contributed by atoms with van der Waals surface area (Å²) in [5.41, 5.74) is 1.93. The molecule has 0 aliphatic carbocycles. The maximum atomic E-state index is 13.2. The van der Waals surface area contributed by atoms with E-state index in [0.29, 0.717) is 39.7 Å². The number of methoxy groups -OCH3 is 3. The predicted molar refractivity (Wildman–Crippen MR) is 94.9 cm³/mol. The Morgan fingerprint density at radius 1 is 1.00 bits per heavy atom. The van der Waals surface area contributed by atoms with Crippen molar-refractivity contribution in [2.75, 3.05) is 27.9 Å². The van der Waals surface area contributed by atoms with Crippen LogP contribution >= 0.6 is 0 Å². The quantitative estimate of drug-likeness (QED) is 0.710. The van der Waals surface area contributed by atoms with E-state index in [4.69, 9.17) is 23.4 Å². The molecule has 0 saturated carbocycles. The first kappa shape index (κ1) is 16.3. The number of Topliss-reactive ketones (excluding diaryl/α,β-unsaturated/α-hetero) is 1. The predicted octanol–water partition coefficient (Wildman–Crippen LogP) is 3.82. The maximum Gasteiger partial charge on any atom is 0.203 e. The molecular formula is C20H18O6. The molecular weight excluding hydrogens is 336 g/mol. The number of hydrogen-bond acceptors (Lipinski definition) is 6. The molecule has 1 aromatic heterocycles. The van der Waals surface area contributed by atoms with Crippen molar-refractivity contribution < 1.29 is 28.2 Å². The molecule has 3 aromatic rings. The standard InChI is InChI=1S/C20H18O6/c1-22-15-5-4-12(19(23-2)20(15)24-3)14-10-26-17-9-16-11(6-7-25-16)8-13(17)18(14)21/h4-9,14H,10H2,1-3H3/t14-/m1/s1. The van der Waals surface area contributed by atoms with E-state index in [0.717, 1.165) is 5.39 Å². The zero-order valence-corrected chi connectivity index (χ0v) is 14.7. The lowest BCUT2D eigenvalue weighted by atomic mass is 9.87. The Morgan fingerprint density at radius 3 is 2.54 bits per heavy atom. The van der Waals surface area contributed by atoms with Gasteiger partial charge in [0.25, 0.3) is 0 Å². The first-order chi connectivity index (χ1) is 12.7. The van der Waals surface area contributed by atoms with Gasteiger partial charge < -0.3 is 23.4 Å². The van der Waals surface area contributed by atoms with Gasteiger partial charge in [0.1, 0.15) is 17.9 Å². The van der Waals surface area contributed by atoms with E-state index in [1.54, 1.807) is 31.6 Å². The highest BCUT2D eigenvalue weighted by Gasteiger charge is 2.34. The van der Waals surface area contributed by atoms with Crippen LogP contribution in [0.5, 0.6) is 23.0 Å². The minimum atomic E-state index is -0.499. The van der Waals surface area contributed by atoms with Crippen LogP contribution in [0, 0.1) is 0 Å². The molecule has 26 heavy (non-hydrogen) atoms. The lowest BCUT2D eigenvalue weighted by molar-refractivity contribution is 0.0894. The Morgan fingerprint density at radius 2 is 1.81 bits per heavy atom. The first-order valence-corrected chi connectivity index (χ1v) is 8.15. The summed E-state index contributed by atoms with van der Waals surface area (Å²) in [6.07, 6.45) is 1.59. The Hall–Kier alpha value is -3.15. The molecule has 6 nitrogen and oxygen atoms in total. The molecule has 134 valence electrons. The van der Waals surface area contributed by atoms with Gasteiger partial charge in [-0.05, 0) is 18.2 Å². The lowest BCUT2D eigenvalue weighted by Gasteiger charge is -2.26. The summed E-state index contributed by atoms with van der Waals surface area (Å²) in [6, 6.07) is 8.95. The smallest absolute Gasteiger partial charge is 0.203 e. The number of ether oxygens (including phenoxy) is 4. The monoisotopic (exact) mass is 354 g/mol. The molecule has 1 atom stereocenters. The topological polar surface area (TPSA) is 67.1 Å². The Kier molecular flexibility index (Phi) is 3.95. The molecule has 0 bridgehead atoms. The van der Waals surface area contributed by atoms with Crippen LogP contribution in [-0.2, 0) is 0 Å². The van der Waals surface area contributed by atoms with Gasteiger partial charge in [0.2, 0.25) is 5.75 Å². The first-order valence-electron chi connectivity index (χ1n) is 8.15. The second-order valence-corrected chi connectivity index (χ2v) is 5.96. The molecule has 0 radical (unpaired) electrons. The minimum absolute atomic E-state index is 0.0279. The molecule has 2 heterocycles. The lowest BCUT2D eigenvalue weighted by Crippen LogP contribution is -2.26. The third-order valence-corrected chi connectivity index (χ3v) is 4.65. The number of furan rings is 1. The van der Waals surface area contributed by atoms with Crippen molar-refractivity contribution in [1.29, 1.82) is 0 Å². The summed E-state index contributed by atoms with van der Waals surface area (Å²) in [4.78, 5) is 13.2. The van der Waals surface area contributed by atoms with Gasteiger partial charge in [0, 0.05) is 17.0 Å².